The number of rotatable bonds is 46. The molecule has 0 radical (unpaired) electrons. The molecule has 458 valence electrons. The maximum absolute atomic E-state index is 12.8. The smallest absolute Gasteiger partial charge is 0.331 e. The number of aliphatic hydroxyl groups excluding tert-OH is 13. The average Bonchev–Trinajstić information content (AvgIpc) is 3.40. The number of Topliss-reactive ketones (excluding diaryl/α,β-unsaturated/α-hetero) is 1. The first-order valence-electron chi connectivity index (χ1n) is 28.4. The summed E-state index contributed by atoms with van der Waals surface area (Å²) in [4.78, 5) is 23.6. The zero-order valence-electron chi connectivity index (χ0n) is 48.1. The van der Waals surface area contributed by atoms with Crippen LogP contribution in [0.2, 0.25) is 0 Å². The molecule has 0 aromatic rings. The fourth-order valence-electron chi connectivity index (χ4n) is 8.05. The maximum atomic E-state index is 12.8. The normalized spacial score (nSPS) is 19.6. The molecule has 0 spiro atoms. The highest BCUT2D eigenvalue weighted by molar-refractivity contribution is 5.86. The zero-order chi connectivity index (χ0) is 61.0. The standard InChI is InChI=1S/C64H101NO16/c1-46(27-19-15-11-7-5-8-12-16-20-28-47(2)64(80)81)63(79)49(4)61(77)37-22-18-14-10-6-9-13-17-21-36-60(76)48(3)62(78)45-59(75)44-58(74)42-54(70)34-25-33-53(69)41-57(73)43-56(72)40-52(68)32-24-30-50(66)29-23-31-51(67)39-55(71)35-26-38-65/h5-10,12-14,16-25,27-29,32,34,37,46,48-61,63,66-77,79H,11,15,26,30-31,33,35-36,38-45,65H2,1-4H3,(H,80,81)/b7-5+,10-6+,12-8+,13-9+,18-14+,20-16+,21-17+,27-19+,29-23+,32-24+,34-25+,37-22+,47-28+/t46?,48?,49-,50?,51-,52+,53+,54+,55+,56-,57-,58+,59?,60?,61+,63-/m0/s1. The highest BCUT2D eigenvalue weighted by Crippen LogP contribution is 2.20. The Labute approximate surface area is 482 Å². The summed E-state index contributed by atoms with van der Waals surface area (Å²) in [5, 5.41) is 144. The van der Waals surface area contributed by atoms with Crippen molar-refractivity contribution in [3.05, 3.63) is 157 Å². The van der Waals surface area contributed by atoms with E-state index < -0.39 is 97.2 Å². The van der Waals surface area contributed by atoms with Crippen LogP contribution in [0.4, 0.5) is 0 Å². The van der Waals surface area contributed by atoms with Crippen molar-refractivity contribution in [1.82, 2.24) is 0 Å². The Morgan fingerprint density at radius 3 is 1.47 bits per heavy atom. The molecule has 0 aliphatic heterocycles. The average molecular weight is 1140 g/mol. The number of carbonyl (C=O) groups excluding carboxylic acids is 1. The van der Waals surface area contributed by atoms with Gasteiger partial charge in [0, 0.05) is 42.6 Å². The molecule has 0 rings (SSSR count). The van der Waals surface area contributed by atoms with Crippen LogP contribution in [0.3, 0.4) is 0 Å². The summed E-state index contributed by atoms with van der Waals surface area (Å²) in [6.07, 6.45) is 33.0. The first-order chi connectivity index (χ1) is 38.5. The molecule has 0 saturated heterocycles. The van der Waals surface area contributed by atoms with Crippen LogP contribution in [-0.4, -0.2) is 169 Å². The van der Waals surface area contributed by atoms with Gasteiger partial charge in [0.1, 0.15) is 5.78 Å². The maximum Gasteiger partial charge on any atom is 0.331 e. The molecule has 0 fully saturated rings. The quantitative estimate of drug-likeness (QED) is 0.0151. The summed E-state index contributed by atoms with van der Waals surface area (Å²) in [7, 11) is 0. The SMILES string of the molecule is C\C(=C/C=C/C=C/C=C/CC/C=C/C(C)[C@H](O)[C@@H](C)[C@H](O)/C=C/C=C/C=C/C=C/C=C/CC(O)C(C)C(=O)CC(O)C[C@H](O)C[C@H](O)/C=C/C[C@@H](O)C[C@H](O)C[C@@H](O)C[C@H](O)/C=C/CC(O)/C=C/C[C@H](O)C[C@H](O)CCCN)C(=O)O. The van der Waals surface area contributed by atoms with Gasteiger partial charge in [0.2, 0.25) is 0 Å². The third-order valence-corrected chi connectivity index (χ3v) is 13.2. The number of unbranched alkanes of at least 4 members (excludes halogenated alkanes) is 1. The highest BCUT2D eigenvalue weighted by atomic mass is 16.4. The third-order valence-electron chi connectivity index (χ3n) is 13.2. The van der Waals surface area contributed by atoms with Crippen molar-refractivity contribution in [2.75, 3.05) is 6.54 Å². The number of hydrogen-bond donors (Lipinski definition) is 15. The van der Waals surface area contributed by atoms with Crippen LogP contribution < -0.4 is 5.73 Å². The Balaban J connectivity index is 4.51. The van der Waals surface area contributed by atoms with E-state index in [0.717, 1.165) is 12.8 Å². The monoisotopic (exact) mass is 1140 g/mol. The molecular weight excluding hydrogens is 1040 g/mol. The van der Waals surface area contributed by atoms with Crippen LogP contribution in [0.1, 0.15) is 124 Å². The van der Waals surface area contributed by atoms with E-state index in [0.29, 0.717) is 19.4 Å². The molecule has 81 heavy (non-hydrogen) atoms. The van der Waals surface area contributed by atoms with E-state index >= 15 is 0 Å². The van der Waals surface area contributed by atoms with Gasteiger partial charge in [0.25, 0.3) is 0 Å². The van der Waals surface area contributed by atoms with E-state index in [1.165, 1.54) is 37.3 Å². The van der Waals surface area contributed by atoms with Crippen LogP contribution in [0.15, 0.2) is 157 Å². The lowest BCUT2D eigenvalue weighted by Gasteiger charge is -2.25. The molecule has 0 bridgehead atoms. The van der Waals surface area contributed by atoms with Crippen molar-refractivity contribution >= 4 is 11.8 Å². The van der Waals surface area contributed by atoms with Crippen LogP contribution >= 0.6 is 0 Å². The lowest BCUT2D eigenvalue weighted by Crippen LogP contribution is -2.32. The number of carbonyl (C=O) groups is 2. The second-order valence-electron chi connectivity index (χ2n) is 20.9. The summed E-state index contributed by atoms with van der Waals surface area (Å²) in [5.41, 5.74) is 5.69. The summed E-state index contributed by atoms with van der Waals surface area (Å²) < 4.78 is 0. The zero-order valence-corrected chi connectivity index (χ0v) is 48.1. The topological polar surface area (TPSA) is 343 Å². The largest absolute Gasteiger partial charge is 0.478 e. The lowest BCUT2D eigenvalue weighted by molar-refractivity contribution is -0.132. The first kappa shape index (κ1) is 76.2. The Morgan fingerprint density at radius 1 is 0.444 bits per heavy atom. The van der Waals surface area contributed by atoms with E-state index in [1.807, 2.05) is 43.4 Å². The Hall–Kier alpha value is -4.80. The van der Waals surface area contributed by atoms with Crippen molar-refractivity contribution in [3.63, 3.8) is 0 Å². The number of aliphatic hydroxyl groups is 13. The van der Waals surface area contributed by atoms with Gasteiger partial charge in [-0.25, -0.2) is 4.79 Å². The van der Waals surface area contributed by atoms with Crippen LogP contribution in [0.25, 0.3) is 0 Å². The van der Waals surface area contributed by atoms with E-state index in [1.54, 1.807) is 98.9 Å². The van der Waals surface area contributed by atoms with E-state index in [-0.39, 0.29) is 87.9 Å². The van der Waals surface area contributed by atoms with Gasteiger partial charge in [-0.2, -0.15) is 0 Å². The van der Waals surface area contributed by atoms with Gasteiger partial charge in [-0.05, 0) is 90.5 Å². The minimum absolute atomic E-state index is 0.0527. The summed E-state index contributed by atoms with van der Waals surface area (Å²) in [6.45, 7) is 7.25. The lowest BCUT2D eigenvalue weighted by atomic mass is 9.88. The molecule has 16 atom stereocenters. The predicted octanol–water partition coefficient (Wildman–Crippen LogP) is 5.67. The van der Waals surface area contributed by atoms with Crippen LogP contribution in [-0.2, 0) is 9.59 Å². The fourth-order valence-corrected chi connectivity index (χ4v) is 8.05. The summed E-state index contributed by atoms with van der Waals surface area (Å²) >= 11 is 0. The number of allylic oxidation sites excluding steroid dienone is 16. The van der Waals surface area contributed by atoms with Crippen molar-refractivity contribution in [3.8, 4) is 0 Å². The number of hydrogen-bond acceptors (Lipinski definition) is 16. The number of ketones is 1. The Bertz CT molecular complexity index is 2070. The number of aliphatic carboxylic acids is 1. The summed E-state index contributed by atoms with van der Waals surface area (Å²) in [6, 6.07) is 0. The van der Waals surface area contributed by atoms with Gasteiger partial charge in [-0.3, -0.25) is 4.79 Å². The molecule has 16 N–H and O–H groups in total. The molecule has 0 saturated carbocycles. The van der Waals surface area contributed by atoms with E-state index in [2.05, 4.69) is 0 Å². The van der Waals surface area contributed by atoms with Gasteiger partial charge < -0.3 is 77.2 Å². The number of carboxylic acid groups (broad SMARTS) is 1. The van der Waals surface area contributed by atoms with Crippen molar-refractivity contribution < 1.29 is 81.1 Å². The highest BCUT2D eigenvalue weighted by Gasteiger charge is 2.26. The molecular formula is C64H101NO16. The molecule has 0 aromatic carbocycles. The first-order valence-corrected chi connectivity index (χ1v) is 28.4. The van der Waals surface area contributed by atoms with Crippen molar-refractivity contribution in [2.45, 2.75) is 203 Å². The Morgan fingerprint density at radius 2 is 0.901 bits per heavy atom. The van der Waals surface area contributed by atoms with Crippen LogP contribution in [0.5, 0.6) is 0 Å². The fraction of sp³-hybridized carbons (Fsp3) is 0.562. The van der Waals surface area contributed by atoms with Gasteiger partial charge in [-0.15, -0.1) is 0 Å². The Kier molecular flexibility index (Phi) is 44.8. The molecule has 5 unspecified atom stereocenters. The third kappa shape index (κ3) is 42.6. The van der Waals surface area contributed by atoms with Crippen LogP contribution in [0, 0.1) is 17.8 Å². The molecule has 0 aromatic heterocycles. The molecule has 0 aliphatic carbocycles. The molecule has 17 heteroatoms. The second-order valence-corrected chi connectivity index (χ2v) is 20.9. The minimum Gasteiger partial charge on any atom is -0.478 e. The second kappa shape index (κ2) is 47.7. The minimum atomic E-state index is -1.21. The van der Waals surface area contributed by atoms with Gasteiger partial charge in [-0.1, -0.05) is 173 Å². The van der Waals surface area contributed by atoms with E-state index in [4.69, 9.17) is 10.8 Å². The summed E-state index contributed by atoms with van der Waals surface area (Å²) in [5.74, 6) is -2.67. The molecule has 0 heterocycles. The molecule has 17 nitrogen and oxygen atoms in total. The van der Waals surface area contributed by atoms with Crippen molar-refractivity contribution in [1.29, 1.82) is 0 Å². The molecule has 0 aliphatic rings. The number of nitrogens with two attached hydrogens (primary N) is 1. The van der Waals surface area contributed by atoms with Gasteiger partial charge >= 0.3 is 5.97 Å². The molecule has 0 amide bonds. The van der Waals surface area contributed by atoms with E-state index in [9.17, 15) is 76.0 Å². The van der Waals surface area contributed by atoms with Crippen molar-refractivity contribution in [2.24, 2.45) is 23.5 Å². The predicted molar refractivity (Wildman–Crippen MR) is 320 cm³/mol. The van der Waals surface area contributed by atoms with Gasteiger partial charge in [0.15, 0.2) is 0 Å². The van der Waals surface area contributed by atoms with Gasteiger partial charge in [0.05, 0.1) is 79.4 Å². The number of carboxylic acids is 1.